The number of hydrogen-bond acceptors (Lipinski definition) is 3. The van der Waals surface area contributed by atoms with Crippen LogP contribution in [-0.4, -0.2) is 34.8 Å². The van der Waals surface area contributed by atoms with Crippen LogP contribution in [0.5, 0.6) is 0 Å². The number of hydrazine groups is 1. The van der Waals surface area contributed by atoms with Gasteiger partial charge in [0, 0.05) is 25.4 Å². The number of nitrogens with zero attached hydrogens (tertiary/aromatic N) is 3. The number of nitrogens with one attached hydrogen (secondary N) is 1. The quantitative estimate of drug-likeness (QED) is 0.861. The smallest absolute Gasteiger partial charge is 0.238 e. The average Bonchev–Trinajstić information content (AvgIpc) is 2.67. The van der Waals surface area contributed by atoms with Crippen LogP contribution in [0.1, 0.15) is 17.0 Å². The zero-order valence-electron chi connectivity index (χ0n) is 12.3. The topological polar surface area (TPSA) is 50.2 Å². The van der Waals surface area contributed by atoms with Crippen molar-refractivity contribution >= 4 is 5.91 Å². The van der Waals surface area contributed by atoms with Crippen molar-refractivity contribution in [3.8, 4) is 5.69 Å². The second kappa shape index (κ2) is 5.88. The molecule has 2 rings (SSSR count). The highest BCUT2D eigenvalue weighted by molar-refractivity contribution is 5.78. The largest absolute Gasteiger partial charge is 0.289 e. The van der Waals surface area contributed by atoms with E-state index in [9.17, 15) is 4.79 Å². The molecule has 0 fully saturated rings. The lowest BCUT2D eigenvalue weighted by molar-refractivity contribution is -0.124. The maximum atomic E-state index is 11.9. The standard InChI is InChI=1S/C15H20N4O/c1-11-14(10-15(20)17-18(3)4)12(2)19(16-11)13-8-6-5-7-9-13/h5-9H,10H2,1-4H3,(H,17,20). The van der Waals surface area contributed by atoms with Crippen molar-refractivity contribution in [1.82, 2.24) is 20.2 Å². The number of hydrogen-bond donors (Lipinski definition) is 1. The third kappa shape index (κ3) is 3.05. The summed E-state index contributed by atoms with van der Waals surface area (Å²) in [5.74, 6) is -0.0335. The van der Waals surface area contributed by atoms with E-state index in [1.807, 2.05) is 48.9 Å². The summed E-state index contributed by atoms with van der Waals surface area (Å²) in [5.41, 5.74) is 6.63. The average molecular weight is 272 g/mol. The Labute approximate surface area is 119 Å². The highest BCUT2D eigenvalue weighted by atomic mass is 16.2. The highest BCUT2D eigenvalue weighted by Crippen LogP contribution is 2.18. The van der Waals surface area contributed by atoms with E-state index in [0.29, 0.717) is 6.42 Å². The van der Waals surface area contributed by atoms with Crippen LogP contribution in [0.15, 0.2) is 30.3 Å². The first-order chi connectivity index (χ1) is 9.49. The molecule has 1 amide bonds. The van der Waals surface area contributed by atoms with Gasteiger partial charge in [-0.2, -0.15) is 5.10 Å². The Kier molecular flexibility index (Phi) is 4.20. The van der Waals surface area contributed by atoms with E-state index in [1.165, 1.54) is 0 Å². The van der Waals surface area contributed by atoms with E-state index >= 15 is 0 Å². The molecule has 5 nitrogen and oxygen atoms in total. The van der Waals surface area contributed by atoms with Crippen LogP contribution in [0, 0.1) is 13.8 Å². The lowest BCUT2D eigenvalue weighted by Gasteiger charge is -2.11. The molecule has 1 N–H and O–H groups in total. The van der Waals surface area contributed by atoms with E-state index < -0.39 is 0 Å². The Morgan fingerprint density at radius 1 is 1.25 bits per heavy atom. The van der Waals surface area contributed by atoms with E-state index in [-0.39, 0.29) is 5.91 Å². The normalized spacial score (nSPS) is 10.8. The van der Waals surface area contributed by atoms with Gasteiger partial charge in [0.1, 0.15) is 0 Å². The molecule has 0 saturated carbocycles. The molecule has 0 atom stereocenters. The number of carbonyl (C=O) groups excluding carboxylic acids is 1. The monoisotopic (exact) mass is 272 g/mol. The fraction of sp³-hybridized carbons (Fsp3) is 0.333. The molecule has 0 aliphatic rings. The first-order valence-corrected chi connectivity index (χ1v) is 6.56. The predicted octanol–water partition coefficient (Wildman–Crippen LogP) is 1.62. The first-order valence-electron chi connectivity index (χ1n) is 6.56. The minimum absolute atomic E-state index is 0.0335. The van der Waals surface area contributed by atoms with Crippen molar-refractivity contribution in [1.29, 1.82) is 0 Å². The summed E-state index contributed by atoms with van der Waals surface area (Å²) < 4.78 is 1.88. The van der Waals surface area contributed by atoms with Gasteiger partial charge in [-0.25, -0.2) is 9.69 Å². The Hall–Kier alpha value is -2.14. The summed E-state index contributed by atoms with van der Waals surface area (Å²) in [4.78, 5) is 11.9. The summed E-state index contributed by atoms with van der Waals surface area (Å²) >= 11 is 0. The Morgan fingerprint density at radius 3 is 2.50 bits per heavy atom. The van der Waals surface area contributed by atoms with Gasteiger partial charge in [0.15, 0.2) is 0 Å². The summed E-state index contributed by atoms with van der Waals surface area (Å²) in [5, 5.41) is 6.18. The molecule has 1 aromatic heterocycles. The van der Waals surface area contributed by atoms with Crippen molar-refractivity contribution in [2.24, 2.45) is 0 Å². The first kappa shape index (κ1) is 14.3. The van der Waals surface area contributed by atoms with E-state index in [2.05, 4.69) is 10.5 Å². The van der Waals surface area contributed by atoms with Gasteiger partial charge >= 0.3 is 0 Å². The molecule has 0 spiro atoms. The third-order valence-electron chi connectivity index (χ3n) is 3.13. The van der Waals surface area contributed by atoms with E-state index in [1.54, 1.807) is 19.1 Å². The summed E-state index contributed by atoms with van der Waals surface area (Å²) in [6, 6.07) is 9.93. The van der Waals surface area contributed by atoms with Crippen molar-refractivity contribution in [3.05, 3.63) is 47.3 Å². The molecule has 1 heterocycles. The molecule has 0 saturated heterocycles. The number of carbonyl (C=O) groups is 1. The number of amides is 1. The molecular weight excluding hydrogens is 252 g/mol. The van der Waals surface area contributed by atoms with Crippen LogP contribution in [0.4, 0.5) is 0 Å². The zero-order valence-corrected chi connectivity index (χ0v) is 12.3. The number of benzene rings is 1. The lowest BCUT2D eigenvalue weighted by atomic mass is 10.1. The van der Waals surface area contributed by atoms with Crippen LogP contribution in [0.3, 0.4) is 0 Å². The molecule has 2 aromatic rings. The minimum Gasteiger partial charge on any atom is -0.289 e. The van der Waals surface area contributed by atoms with Crippen molar-refractivity contribution < 1.29 is 4.79 Å². The van der Waals surface area contributed by atoms with Gasteiger partial charge in [0.25, 0.3) is 0 Å². The number of rotatable bonds is 4. The lowest BCUT2D eigenvalue weighted by Crippen LogP contribution is -2.37. The van der Waals surface area contributed by atoms with Gasteiger partial charge in [0.2, 0.25) is 5.91 Å². The summed E-state index contributed by atoms with van der Waals surface area (Å²) in [7, 11) is 3.59. The molecule has 0 radical (unpaired) electrons. The number of aryl methyl sites for hydroxylation is 1. The van der Waals surface area contributed by atoms with Gasteiger partial charge in [-0.3, -0.25) is 10.2 Å². The second-order valence-corrected chi connectivity index (χ2v) is 5.00. The Bertz CT molecular complexity index is 602. The maximum Gasteiger partial charge on any atom is 0.238 e. The summed E-state index contributed by atoms with van der Waals surface area (Å²) in [6.45, 7) is 3.93. The van der Waals surface area contributed by atoms with Crippen LogP contribution < -0.4 is 5.43 Å². The van der Waals surface area contributed by atoms with E-state index in [0.717, 1.165) is 22.6 Å². The molecular formula is C15H20N4O. The predicted molar refractivity (Wildman–Crippen MR) is 78.6 cm³/mol. The third-order valence-corrected chi connectivity index (χ3v) is 3.13. The molecule has 1 aromatic carbocycles. The Balaban J connectivity index is 2.28. The van der Waals surface area contributed by atoms with Crippen LogP contribution in [0.2, 0.25) is 0 Å². The number of aromatic nitrogens is 2. The van der Waals surface area contributed by atoms with Gasteiger partial charge in [-0.1, -0.05) is 18.2 Å². The minimum atomic E-state index is -0.0335. The molecule has 0 unspecified atom stereocenters. The highest BCUT2D eigenvalue weighted by Gasteiger charge is 2.15. The fourth-order valence-electron chi connectivity index (χ4n) is 2.20. The van der Waals surface area contributed by atoms with Crippen molar-refractivity contribution in [2.45, 2.75) is 20.3 Å². The molecule has 0 bridgehead atoms. The van der Waals surface area contributed by atoms with Crippen LogP contribution >= 0.6 is 0 Å². The van der Waals surface area contributed by atoms with Crippen molar-refractivity contribution in [3.63, 3.8) is 0 Å². The fourth-order valence-corrected chi connectivity index (χ4v) is 2.20. The maximum absolute atomic E-state index is 11.9. The Morgan fingerprint density at radius 2 is 1.90 bits per heavy atom. The number of para-hydroxylation sites is 1. The second-order valence-electron chi connectivity index (χ2n) is 5.00. The van der Waals surface area contributed by atoms with Crippen molar-refractivity contribution in [2.75, 3.05) is 14.1 Å². The molecule has 0 aliphatic carbocycles. The molecule has 5 heteroatoms. The molecule has 106 valence electrons. The summed E-state index contributed by atoms with van der Waals surface area (Å²) in [6.07, 6.45) is 0.336. The van der Waals surface area contributed by atoms with E-state index in [4.69, 9.17) is 0 Å². The van der Waals surface area contributed by atoms with Gasteiger partial charge in [-0.05, 0) is 26.0 Å². The van der Waals surface area contributed by atoms with Crippen LogP contribution in [-0.2, 0) is 11.2 Å². The van der Waals surface area contributed by atoms with Crippen LogP contribution in [0.25, 0.3) is 5.69 Å². The van der Waals surface area contributed by atoms with Gasteiger partial charge < -0.3 is 0 Å². The molecule has 20 heavy (non-hydrogen) atoms. The van der Waals surface area contributed by atoms with Gasteiger partial charge in [0.05, 0.1) is 17.8 Å². The zero-order chi connectivity index (χ0) is 14.7. The SMILES string of the molecule is Cc1nn(-c2ccccc2)c(C)c1CC(=O)NN(C)C. The molecule has 0 aliphatic heterocycles. The van der Waals surface area contributed by atoms with Gasteiger partial charge in [-0.15, -0.1) is 0 Å².